The molecule has 0 aromatic rings. The van der Waals surface area contributed by atoms with Gasteiger partial charge in [-0.15, -0.1) is 0 Å². The van der Waals surface area contributed by atoms with Crippen LogP contribution in [0.15, 0.2) is 0 Å². The molecule has 0 saturated heterocycles. The number of carbonyl (C=O) groups excluding carboxylic acids is 1. The third-order valence-electron chi connectivity index (χ3n) is 7.13. The van der Waals surface area contributed by atoms with Crippen LogP contribution in [-0.2, 0) is 14.4 Å². The van der Waals surface area contributed by atoms with Crippen LogP contribution in [-0.4, -0.2) is 40.6 Å². The summed E-state index contributed by atoms with van der Waals surface area (Å²) < 4.78 is 0. The first-order valence-electron chi connectivity index (χ1n) is 15.4. The molecular weight excluding hydrogens is 468 g/mol. The molecule has 0 fully saturated rings. The normalized spacial score (nSPS) is 11.9. The van der Waals surface area contributed by atoms with Crippen LogP contribution in [0.5, 0.6) is 0 Å². The maximum absolute atomic E-state index is 11.8. The maximum atomic E-state index is 11.8. The van der Waals surface area contributed by atoms with Crippen LogP contribution in [0.2, 0.25) is 0 Å². The minimum atomic E-state index is -0.964. The lowest BCUT2D eigenvalue weighted by Crippen LogP contribution is -2.30. The second-order valence-electron chi connectivity index (χ2n) is 10.8. The average Bonchev–Trinajstić information content (AvgIpc) is 2.86. The Morgan fingerprint density at radius 2 is 0.865 bits per heavy atom. The quantitative estimate of drug-likeness (QED) is 0.0754. The lowest BCUT2D eigenvalue weighted by atomic mass is 10.0. The van der Waals surface area contributed by atoms with Gasteiger partial charge in [0.25, 0.3) is 0 Å². The summed E-state index contributed by atoms with van der Waals surface area (Å²) in [6.07, 6.45) is 28.0. The molecule has 0 unspecified atom stereocenters. The second-order valence-corrected chi connectivity index (χ2v) is 10.8. The van der Waals surface area contributed by atoms with Gasteiger partial charge in [0.2, 0.25) is 5.91 Å². The van der Waals surface area contributed by atoms with Gasteiger partial charge in [0.1, 0.15) is 6.04 Å². The Labute approximate surface area is 226 Å². The van der Waals surface area contributed by atoms with Gasteiger partial charge in [-0.1, -0.05) is 116 Å². The van der Waals surface area contributed by atoms with Crippen molar-refractivity contribution in [2.24, 2.45) is 5.73 Å². The van der Waals surface area contributed by atoms with Crippen LogP contribution in [0.1, 0.15) is 161 Å². The van der Waals surface area contributed by atoms with Crippen LogP contribution in [0, 0.1) is 0 Å². The summed E-state index contributed by atoms with van der Waals surface area (Å²) >= 11 is 0. The van der Waals surface area contributed by atoms with E-state index in [-0.39, 0.29) is 5.91 Å². The number of carboxylic acid groups (broad SMARTS) is 2. The second kappa shape index (κ2) is 27.4. The predicted octanol–water partition coefficient (Wildman–Crippen LogP) is 7.35. The molecule has 1 atom stereocenters. The van der Waals surface area contributed by atoms with Crippen LogP contribution in [0.25, 0.3) is 0 Å². The Bertz CT molecular complexity index is 556. The van der Waals surface area contributed by atoms with Gasteiger partial charge >= 0.3 is 11.9 Å². The summed E-state index contributed by atoms with van der Waals surface area (Å²) in [6.45, 7) is 0.602. The molecule has 0 saturated carbocycles. The topological polar surface area (TPSA) is 130 Å². The zero-order valence-electron chi connectivity index (χ0n) is 23.7. The fourth-order valence-corrected chi connectivity index (χ4v) is 4.67. The molecule has 0 spiro atoms. The van der Waals surface area contributed by atoms with E-state index in [0.29, 0.717) is 25.8 Å². The first-order chi connectivity index (χ1) is 17.9. The summed E-state index contributed by atoms with van der Waals surface area (Å²) in [6, 6.07) is -0.797. The fraction of sp³-hybridized carbons (Fsp3) is 0.900. The van der Waals surface area contributed by atoms with Crippen molar-refractivity contribution in [3.8, 4) is 0 Å². The van der Waals surface area contributed by atoms with Gasteiger partial charge in [0, 0.05) is 19.4 Å². The van der Waals surface area contributed by atoms with Gasteiger partial charge in [0.05, 0.1) is 0 Å². The van der Waals surface area contributed by atoms with E-state index in [1.165, 1.54) is 103 Å². The Hall–Kier alpha value is -1.63. The molecular formula is C30H58N2O5. The van der Waals surface area contributed by atoms with Crippen molar-refractivity contribution in [3.63, 3.8) is 0 Å². The van der Waals surface area contributed by atoms with E-state index in [2.05, 4.69) is 5.32 Å². The van der Waals surface area contributed by atoms with Crippen molar-refractivity contribution in [1.29, 1.82) is 0 Å². The van der Waals surface area contributed by atoms with Gasteiger partial charge in [-0.05, 0) is 32.1 Å². The van der Waals surface area contributed by atoms with Crippen molar-refractivity contribution >= 4 is 17.8 Å². The molecule has 0 radical (unpaired) electrons. The fourth-order valence-electron chi connectivity index (χ4n) is 4.67. The maximum Gasteiger partial charge on any atom is 0.320 e. The molecule has 5 N–H and O–H groups in total. The van der Waals surface area contributed by atoms with Crippen molar-refractivity contribution in [1.82, 2.24) is 5.32 Å². The van der Waals surface area contributed by atoms with Crippen LogP contribution in [0.4, 0.5) is 0 Å². The highest BCUT2D eigenvalue weighted by molar-refractivity contribution is 5.75. The lowest BCUT2D eigenvalue weighted by Gasteiger charge is -2.07. The molecule has 0 aliphatic heterocycles. The number of carbonyl (C=O) groups is 3. The molecule has 1 amide bonds. The van der Waals surface area contributed by atoms with E-state index in [1.807, 2.05) is 0 Å². The largest absolute Gasteiger partial charge is 0.481 e. The zero-order chi connectivity index (χ0) is 27.4. The van der Waals surface area contributed by atoms with E-state index in [4.69, 9.17) is 15.9 Å². The Balaban J connectivity index is 3.17. The number of unbranched alkanes of at least 4 members (excludes halogenated alkanes) is 20. The Morgan fingerprint density at radius 3 is 1.22 bits per heavy atom. The first kappa shape index (κ1) is 35.4. The van der Waals surface area contributed by atoms with E-state index >= 15 is 0 Å². The summed E-state index contributed by atoms with van der Waals surface area (Å²) in [4.78, 5) is 32.9. The number of hydrogen-bond acceptors (Lipinski definition) is 4. The summed E-state index contributed by atoms with van der Waals surface area (Å²) in [5.74, 6) is -1.53. The highest BCUT2D eigenvalue weighted by atomic mass is 16.4. The van der Waals surface area contributed by atoms with Crippen LogP contribution < -0.4 is 11.1 Å². The van der Waals surface area contributed by atoms with E-state index < -0.39 is 18.0 Å². The van der Waals surface area contributed by atoms with E-state index in [9.17, 15) is 14.4 Å². The van der Waals surface area contributed by atoms with E-state index in [0.717, 1.165) is 38.5 Å². The molecule has 0 aromatic carbocycles. The molecule has 0 aliphatic rings. The number of nitrogens with two attached hydrogens (primary N) is 1. The number of amides is 1. The standard InChI is InChI=1S/C30H58N2O5/c31-27(30(36)37)23-21-22-26-32-28(33)24-19-17-15-13-11-9-7-5-3-1-2-4-6-8-10-12-14-16-18-20-25-29(34)35/h27H,1-26,31H2,(H,32,33)(H,34,35)(H,36,37)/t27-/m1/s1. The predicted molar refractivity (Wildman–Crippen MR) is 152 cm³/mol. The van der Waals surface area contributed by atoms with Gasteiger partial charge < -0.3 is 21.3 Å². The van der Waals surface area contributed by atoms with Crippen molar-refractivity contribution in [3.05, 3.63) is 0 Å². The summed E-state index contributed by atoms with van der Waals surface area (Å²) in [5.41, 5.74) is 5.46. The third-order valence-corrected chi connectivity index (χ3v) is 7.13. The molecule has 0 bridgehead atoms. The third kappa shape index (κ3) is 28.8. The molecule has 7 heteroatoms. The van der Waals surface area contributed by atoms with Gasteiger partial charge in [-0.3, -0.25) is 14.4 Å². The van der Waals surface area contributed by atoms with Gasteiger partial charge in [-0.2, -0.15) is 0 Å². The number of rotatable bonds is 29. The minimum absolute atomic E-state index is 0.101. The average molecular weight is 527 g/mol. The first-order valence-corrected chi connectivity index (χ1v) is 15.4. The number of aliphatic carboxylic acids is 2. The minimum Gasteiger partial charge on any atom is -0.481 e. The zero-order valence-corrected chi connectivity index (χ0v) is 23.7. The smallest absolute Gasteiger partial charge is 0.320 e. The highest BCUT2D eigenvalue weighted by Gasteiger charge is 2.10. The number of nitrogens with one attached hydrogen (secondary N) is 1. The van der Waals surface area contributed by atoms with Gasteiger partial charge in [-0.25, -0.2) is 0 Å². The Morgan fingerprint density at radius 1 is 0.514 bits per heavy atom. The molecule has 218 valence electrons. The monoisotopic (exact) mass is 526 g/mol. The SMILES string of the molecule is N[C@H](CCCCNC(=O)CCCCCCCCCCCCCCCCCCCCCCC(=O)O)C(=O)O. The lowest BCUT2D eigenvalue weighted by molar-refractivity contribution is -0.139. The summed E-state index contributed by atoms with van der Waals surface area (Å²) in [7, 11) is 0. The highest BCUT2D eigenvalue weighted by Crippen LogP contribution is 2.15. The van der Waals surface area contributed by atoms with Crippen LogP contribution >= 0.6 is 0 Å². The van der Waals surface area contributed by atoms with Crippen LogP contribution in [0.3, 0.4) is 0 Å². The number of carboxylic acids is 2. The molecule has 37 heavy (non-hydrogen) atoms. The summed E-state index contributed by atoms with van der Waals surface area (Å²) in [5, 5.41) is 20.2. The molecule has 7 nitrogen and oxygen atoms in total. The molecule has 0 aliphatic carbocycles. The van der Waals surface area contributed by atoms with Crippen molar-refractivity contribution < 1.29 is 24.6 Å². The molecule has 0 rings (SSSR count). The molecule has 0 aromatic heterocycles. The van der Waals surface area contributed by atoms with Gasteiger partial charge in [0.15, 0.2) is 0 Å². The number of hydrogen-bond donors (Lipinski definition) is 4. The van der Waals surface area contributed by atoms with Crippen molar-refractivity contribution in [2.75, 3.05) is 6.54 Å². The van der Waals surface area contributed by atoms with E-state index in [1.54, 1.807) is 0 Å². The van der Waals surface area contributed by atoms with Crippen molar-refractivity contribution in [2.45, 2.75) is 167 Å². The Kier molecular flexibility index (Phi) is 26.2. The molecule has 0 heterocycles.